The maximum atomic E-state index is 12.3. The SMILES string of the molecule is C[C@H](NC(=O)[C@H](CCCN=C(N)N)NC(=O)[C@@H](N)CCCN=C(N)N)C(=O)O. The molecule has 0 aliphatic heterocycles. The van der Waals surface area contributed by atoms with Crippen molar-refractivity contribution < 1.29 is 19.5 Å². The Bertz CT molecular complexity index is 586. The van der Waals surface area contributed by atoms with E-state index in [1.807, 2.05) is 0 Å². The first kappa shape index (κ1) is 24.9. The lowest BCUT2D eigenvalue weighted by Crippen LogP contribution is -2.54. The second kappa shape index (κ2) is 13.1. The van der Waals surface area contributed by atoms with Crippen LogP contribution >= 0.6 is 0 Å². The number of hydrogen-bond donors (Lipinski definition) is 8. The highest BCUT2D eigenvalue weighted by atomic mass is 16.4. The highest BCUT2D eigenvalue weighted by Gasteiger charge is 2.25. The van der Waals surface area contributed by atoms with Crippen LogP contribution in [0.15, 0.2) is 9.98 Å². The second-order valence-corrected chi connectivity index (χ2v) is 6.13. The number of hydrogen-bond acceptors (Lipinski definition) is 6. The third kappa shape index (κ3) is 11.5. The van der Waals surface area contributed by atoms with Gasteiger partial charge in [0, 0.05) is 13.1 Å². The maximum absolute atomic E-state index is 12.3. The van der Waals surface area contributed by atoms with E-state index in [4.69, 9.17) is 33.8 Å². The molecule has 13 nitrogen and oxygen atoms in total. The highest BCUT2D eigenvalue weighted by Crippen LogP contribution is 2.02. The lowest BCUT2D eigenvalue weighted by Gasteiger charge is -2.21. The van der Waals surface area contributed by atoms with Crippen LogP contribution in [0.25, 0.3) is 0 Å². The van der Waals surface area contributed by atoms with Crippen LogP contribution in [0, 0.1) is 0 Å². The standard InChI is InChI=1S/C15H31N9O4/c1-8(13(27)28)23-12(26)10(5-3-7-22-15(19)20)24-11(25)9(16)4-2-6-21-14(17)18/h8-10H,2-7,16H2,1H3,(H,23,26)(H,24,25)(H,27,28)(H4,17,18,21)(H4,19,20,22)/t8-,9-,10-/m0/s1. The van der Waals surface area contributed by atoms with Gasteiger partial charge in [-0.25, -0.2) is 0 Å². The number of carboxylic acid groups (broad SMARTS) is 1. The molecule has 2 amide bonds. The van der Waals surface area contributed by atoms with Crippen molar-refractivity contribution in [3.05, 3.63) is 0 Å². The van der Waals surface area contributed by atoms with Crippen LogP contribution in [0.5, 0.6) is 0 Å². The molecule has 13 heteroatoms. The van der Waals surface area contributed by atoms with Crippen LogP contribution in [0.3, 0.4) is 0 Å². The Hall–Kier alpha value is -3.09. The first-order chi connectivity index (χ1) is 13.0. The van der Waals surface area contributed by atoms with Gasteiger partial charge in [-0.3, -0.25) is 24.4 Å². The molecule has 0 heterocycles. The quantitative estimate of drug-likeness (QED) is 0.0863. The molecule has 0 aromatic heterocycles. The first-order valence-electron chi connectivity index (χ1n) is 8.74. The summed E-state index contributed by atoms with van der Waals surface area (Å²) in [5.41, 5.74) is 26.7. The molecule has 0 aliphatic carbocycles. The van der Waals surface area contributed by atoms with Gasteiger partial charge in [0.25, 0.3) is 0 Å². The molecule has 28 heavy (non-hydrogen) atoms. The van der Waals surface area contributed by atoms with Gasteiger partial charge in [0.1, 0.15) is 12.1 Å². The van der Waals surface area contributed by atoms with E-state index in [1.165, 1.54) is 6.92 Å². The van der Waals surface area contributed by atoms with Crippen LogP contribution < -0.4 is 39.3 Å². The Labute approximate surface area is 163 Å². The Balaban J connectivity index is 4.80. The second-order valence-electron chi connectivity index (χ2n) is 6.13. The Morgan fingerprint density at radius 1 is 0.893 bits per heavy atom. The fraction of sp³-hybridized carbons (Fsp3) is 0.667. The van der Waals surface area contributed by atoms with Crippen molar-refractivity contribution in [1.82, 2.24) is 10.6 Å². The minimum absolute atomic E-state index is 0.0527. The van der Waals surface area contributed by atoms with Gasteiger partial charge in [-0.05, 0) is 32.6 Å². The lowest BCUT2D eigenvalue weighted by molar-refractivity contribution is -0.141. The number of nitrogens with one attached hydrogen (secondary N) is 2. The fourth-order valence-corrected chi connectivity index (χ4v) is 2.08. The van der Waals surface area contributed by atoms with Crippen molar-refractivity contribution >= 4 is 29.7 Å². The molecule has 3 atom stereocenters. The van der Waals surface area contributed by atoms with Crippen LogP contribution in [-0.4, -0.2) is 66.0 Å². The van der Waals surface area contributed by atoms with Gasteiger partial charge in [0.15, 0.2) is 11.9 Å². The summed E-state index contributed by atoms with van der Waals surface area (Å²) < 4.78 is 0. The third-order valence-corrected chi connectivity index (χ3v) is 3.61. The van der Waals surface area contributed by atoms with Gasteiger partial charge in [-0.2, -0.15) is 0 Å². The summed E-state index contributed by atoms with van der Waals surface area (Å²) in [4.78, 5) is 43.1. The predicted molar refractivity (Wildman–Crippen MR) is 105 cm³/mol. The van der Waals surface area contributed by atoms with Crippen molar-refractivity contribution in [2.24, 2.45) is 38.7 Å². The summed E-state index contributed by atoms with van der Waals surface area (Å²) in [7, 11) is 0. The summed E-state index contributed by atoms with van der Waals surface area (Å²) in [6, 6.07) is -2.97. The molecule has 0 bridgehead atoms. The number of nitrogens with two attached hydrogens (primary N) is 5. The fourth-order valence-electron chi connectivity index (χ4n) is 2.08. The van der Waals surface area contributed by atoms with Gasteiger partial charge in [0.05, 0.1) is 6.04 Å². The van der Waals surface area contributed by atoms with Crippen LogP contribution in [0.1, 0.15) is 32.6 Å². The van der Waals surface area contributed by atoms with Gasteiger partial charge in [-0.1, -0.05) is 0 Å². The first-order valence-corrected chi connectivity index (χ1v) is 8.74. The van der Waals surface area contributed by atoms with E-state index in [0.717, 1.165) is 0 Å². The number of guanidine groups is 2. The monoisotopic (exact) mass is 401 g/mol. The molecule has 0 aliphatic rings. The molecule has 0 aromatic carbocycles. The average Bonchev–Trinajstić information content (AvgIpc) is 2.60. The topological polar surface area (TPSA) is 250 Å². The molecule has 0 spiro atoms. The van der Waals surface area contributed by atoms with E-state index in [2.05, 4.69) is 20.6 Å². The molecule has 160 valence electrons. The maximum Gasteiger partial charge on any atom is 0.325 e. The third-order valence-electron chi connectivity index (χ3n) is 3.61. The minimum atomic E-state index is -1.20. The average molecular weight is 401 g/mol. The van der Waals surface area contributed by atoms with E-state index in [1.54, 1.807) is 0 Å². The summed E-state index contributed by atoms with van der Waals surface area (Å²) in [6.45, 7) is 1.89. The van der Waals surface area contributed by atoms with Crippen molar-refractivity contribution in [3.63, 3.8) is 0 Å². The Kier molecular flexibility index (Phi) is 11.7. The molecule has 0 unspecified atom stereocenters. The van der Waals surface area contributed by atoms with Crippen LogP contribution in [0.2, 0.25) is 0 Å². The smallest absolute Gasteiger partial charge is 0.325 e. The lowest BCUT2D eigenvalue weighted by atomic mass is 10.1. The van der Waals surface area contributed by atoms with Gasteiger partial charge in [-0.15, -0.1) is 0 Å². The number of rotatable bonds is 13. The molecule has 0 radical (unpaired) electrons. The summed E-state index contributed by atoms with van der Waals surface area (Å²) in [5.74, 6) is -2.53. The zero-order valence-electron chi connectivity index (χ0n) is 15.9. The number of nitrogens with zero attached hydrogens (tertiary/aromatic N) is 2. The number of carboxylic acids is 1. The van der Waals surface area contributed by atoms with Gasteiger partial charge < -0.3 is 44.4 Å². The number of aliphatic imine (C=N–C) groups is 2. The molecule has 0 saturated heterocycles. The number of amides is 2. The molecular weight excluding hydrogens is 370 g/mol. The number of aliphatic carboxylic acids is 1. The normalized spacial score (nSPS) is 13.5. The molecule has 0 rings (SSSR count). The van der Waals surface area contributed by atoms with Crippen molar-refractivity contribution in [2.75, 3.05) is 13.1 Å². The minimum Gasteiger partial charge on any atom is -0.480 e. The predicted octanol–water partition coefficient (Wildman–Crippen LogP) is -3.51. The summed E-state index contributed by atoms with van der Waals surface area (Å²) in [6.07, 6.45) is 1.36. The van der Waals surface area contributed by atoms with Crippen molar-refractivity contribution in [1.29, 1.82) is 0 Å². The summed E-state index contributed by atoms with van der Waals surface area (Å²) in [5, 5.41) is 13.8. The van der Waals surface area contributed by atoms with E-state index < -0.39 is 35.9 Å². The Morgan fingerprint density at radius 3 is 1.86 bits per heavy atom. The van der Waals surface area contributed by atoms with Crippen molar-refractivity contribution in [2.45, 2.75) is 50.7 Å². The van der Waals surface area contributed by atoms with Crippen LogP contribution in [-0.2, 0) is 14.4 Å². The van der Waals surface area contributed by atoms with E-state index in [9.17, 15) is 14.4 Å². The van der Waals surface area contributed by atoms with Gasteiger partial charge >= 0.3 is 5.97 Å². The van der Waals surface area contributed by atoms with Crippen molar-refractivity contribution in [3.8, 4) is 0 Å². The Morgan fingerprint density at radius 2 is 1.39 bits per heavy atom. The summed E-state index contributed by atoms with van der Waals surface area (Å²) >= 11 is 0. The highest BCUT2D eigenvalue weighted by molar-refractivity contribution is 5.91. The zero-order valence-corrected chi connectivity index (χ0v) is 15.9. The molecule has 0 saturated carbocycles. The largest absolute Gasteiger partial charge is 0.480 e. The number of carbonyl (C=O) groups is 3. The zero-order chi connectivity index (χ0) is 21.7. The van der Waals surface area contributed by atoms with E-state index >= 15 is 0 Å². The molecule has 0 fully saturated rings. The van der Waals surface area contributed by atoms with E-state index in [0.29, 0.717) is 25.8 Å². The molecule has 0 aromatic rings. The van der Waals surface area contributed by atoms with E-state index in [-0.39, 0.29) is 24.9 Å². The molecular formula is C15H31N9O4. The van der Waals surface area contributed by atoms with Crippen LogP contribution in [0.4, 0.5) is 0 Å². The van der Waals surface area contributed by atoms with Gasteiger partial charge in [0.2, 0.25) is 11.8 Å². The molecule has 13 N–H and O–H groups in total. The number of carbonyl (C=O) groups excluding carboxylic acids is 2.